The summed E-state index contributed by atoms with van der Waals surface area (Å²) in [5.41, 5.74) is 3.67. The van der Waals surface area contributed by atoms with Crippen LogP contribution in [0.5, 0.6) is 5.75 Å². The molecule has 3 atom stereocenters. The van der Waals surface area contributed by atoms with E-state index in [4.69, 9.17) is 4.74 Å². The summed E-state index contributed by atoms with van der Waals surface area (Å²) in [4.78, 5) is 11.3. The number of methoxy groups -OCH3 is 1. The molecule has 1 aliphatic heterocycles. The van der Waals surface area contributed by atoms with Gasteiger partial charge in [0, 0.05) is 11.6 Å². The lowest BCUT2D eigenvalue weighted by Gasteiger charge is -2.37. The summed E-state index contributed by atoms with van der Waals surface area (Å²) < 4.78 is 5.25. The van der Waals surface area contributed by atoms with Crippen LogP contribution in [-0.2, 0) is 0 Å². The Bertz CT molecular complexity index is 810. The van der Waals surface area contributed by atoms with Gasteiger partial charge in [-0.25, -0.2) is 4.79 Å². The maximum atomic E-state index is 11.3. The summed E-state index contributed by atoms with van der Waals surface area (Å²) in [5.74, 6) is 0.623. The molecule has 0 amide bonds. The number of ether oxygens (including phenoxy) is 1. The molecule has 4 nitrogen and oxygen atoms in total. The number of allylic oxidation sites excluding steroid dienone is 2. The Morgan fingerprint density at radius 3 is 2.71 bits per heavy atom. The molecule has 0 radical (unpaired) electrons. The Kier molecular flexibility index (Phi) is 3.53. The Hall–Kier alpha value is -2.75. The van der Waals surface area contributed by atoms with Gasteiger partial charge in [-0.3, -0.25) is 0 Å². The van der Waals surface area contributed by atoms with Crippen molar-refractivity contribution in [3.8, 4) is 5.75 Å². The third-order valence-electron chi connectivity index (χ3n) is 5.08. The molecule has 24 heavy (non-hydrogen) atoms. The van der Waals surface area contributed by atoms with Crippen molar-refractivity contribution in [2.45, 2.75) is 18.4 Å². The first kappa shape index (κ1) is 14.8. The van der Waals surface area contributed by atoms with Crippen LogP contribution in [0.15, 0.2) is 54.6 Å². The smallest absolute Gasteiger partial charge is 0.335 e. The highest BCUT2D eigenvalue weighted by atomic mass is 16.5. The molecule has 0 fully saturated rings. The third kappa shape index (κ3) is 2.35. The normalized spacial score (nSPS) is 24.0. The number of anilines is 1. The van der Waals surface area contributed by atoms with Gasteiger partial charge in [-0.1, -0.05) is 24.3 Å². The number of nitrogens with one attached hydrogen (secondary N) is 1. The second kappa shape index (κ2) is 5.71. The number of benzene rings is 2. The van der Waals surface area contributed by atoms with Gasteiger partial charge in [-0.05, 0) is 53.8 Å². The van der Waals surface area contributed by atoms with Crippen LogP contribution in [0.25, 0.3) is 0 Å². The van der Waals surface area contributed by atoms with Crippen molar-refractivity contribution in [1.82, 2.24) is 0 Å². The van der Waals surface area contributed by atoms with Crippen LogP contribution >= 0.6 is 0 Å². The van der Waals surface area contributed by atoms with E-state index in [-0.39, 0.29) is 12.0 Å². The van der Waals surface area contributed by atoms with Gasteiger partial charge in [0.15, 0.2) is 0 Å². The molecular weight excluding hydrogens is 302 g/mol. The second-order valence-electron chi connectivity index (χ2n) is 6.36. The van der Waals surface area contributed by atoms with Crippen molar-refractivity contribution < 1.29 is 14.6 Å². The van der Waals surface area contributed by atoms with Crippen molar-refractivity contribution in [2.24, 2.45) is 5.92 Å². The number of carboxylic acids is 1. The number of fused-ring (bicyclic) bond motifs is 3. The molecule has 4 heteroatoms. The molecule has 1 heterocycles. The fourth-order valence-electron chi connectivity index (χ4n) is 3.87. The van der Waals surface area contributed by atoms with Gasteiger partial charge in [-0.2, -0.15) is 0 Å². The van der Waals surface area contributed by atoms with Crippen molar-refractivity contribution >= 4 is 11.7 Å². The fourth-order valence-corrected chi connectivity index (χ4v) is 3.87. The molecular formula is C20H19NO3. The molecule has 0 unspecified atom stereocenters. The Morgan fingerprint density at radius 1 is 1.21 bits per heavy atom. The lowest BCUT2D eigenvalue weighted by Crippen LogP contribution is -2.29. The quantitative estimate of drug-likeness (QED) is 0.831. The average Bonchev–Trinajstić information content (AvgIpc) is 3.10. The molecule has 0 bridgehead atoms. The van der Waals surface area contributed by atoms with Crippen molar-refractivity contribution in [2.75, 3.05) is 12.4 Å². The molecule has 2 aromatic carbocycles. The Morgan fingerprint density at radius 2 is 2.00 bits per heavy atom. The summed E-state index contributed by atoms with van der Waals surface area (Å²) >= 11 is 0. The zero-order chi connectivity index (χ0) is 16.7. The van der Waals surface area contributed by atoms with Gasteiger partial charge < -0.3 is 15.2 Å². The summed E-state index contributed by atoms with van der Waals surface area (Å²) in [7, 11) is 1.67. The molecule has 0 spiro atoms. The second-order valence-corrected chi connectivity index (χ2v) is 6.36. The highest BCUT2D eigenvalue weighted by molar-refractivity contribution is 5.89. The Labute approximate surface area is 140 Å². The Balaban J connectivity index is 1.73. The van der Waals surface area contributed by atoms with Crippen LogP contribution in [0, 0.1) is 5.92 Å². The predicted molar refractivity (Wildman–Crippen MR) is 92.7 cm³/mol. The summed E-state index contributed by atoms with van der Waals surface area (Å²) in [6.07, 6.45) is 5.41. The molecule has 0 saturated carbocycles. The average molecular weight is 321 g/mol. The van der Waals surface area contributed by atoms with E-state index in [0.29, 0.717) is 11.5 Å². The zero-order valence-corrected chi connectivity index (χ0v) is 13.4. The minimum atomic E-state index is -0.881. The largest absolute Gasteiger partial charge is 0.497 e. The highest BCUT2D eigenvalue weighted by Crippen LogP contribution is 2.50. The lowest BCUT2D eigenvalue weighted by molar-refractivity contribution is 0.0696. The number of aromatic carboxylic acids is 1. The minimum absolute atomic E-state index is 0.207. The topological polar surface area (TPSA) is 58.6 Å². The molecule has 2 aliphatic rings. The SMILES string of the molecule is COc1ccc([C@H]2Nc3ccc(C(=O)O)cc3[C@@H]3C=CC[C@@H]23)cc1. The first-order valence-corrected chi connectivity index (χ1v) is 8.12. The number of rotatable bonds is 3. The molecule has 0 aromatic heterocycles. The first-order chi connectivity index (χ1) is 11.7. The van der Waals surface area contributed by atoms with Crippen molar-refractivity contribution in [3.63, 3.8) is 0 Å². The molecule has 122 valence electrons. The van der Waals surface area contributed by atoms with E-state index in [1.54, 1.807) is 13.2 Å². The monoisotopic (exact) mass is 321 g/mol. The van der Waals surface area contributed by atoms with Crippen LogP contribution in [0.2, 0.25) is 0 Å². The van der Waals surface area contributed by atoms with Crippen molar-refractivity contribution in [3.05, 3.63) is 71.3 Å². The van der Waals surface area contributed by atoms with Gasteiger partial charge in [0.05, 0.1) is 18.7 Å². The summed E-state index contributed by atoms with van der Waals surface area (Å²) in [5, 5.41) is 12.9. The summed E-state index contributed by atoms with van der Waals surface area (Å²) in [6, 6.07) is 13.7. The van der Waals surface area contributed by atoms with E-state index in [0.717, 1.165) is 23.4 Å². The number of carbonyl (C=O) groups is 1. The number of hydrogen-bond acceptors (Lipinski definition) is 3. The standard InChI is InChI=1S/C20H19NO3/c1-24-14-8-5-12(6-9-14)19-16-4-2-3-15(16)17-11-13(20(22)23)7-10-18(17)21-19/h2-3,5-11,15-16,19,21H,4H2,1H3,(H,22,23)/t15-,16-,19-/m1/s1. The van der Waals surface area contributed by atoms with E-state index in [1.165, 1.54) is 5.56 Å². The minimum Gasteiger partial charge on any atom is -0.497 e. The molecule has 2 aromatic rings. The fraction of sp³-hybridized carbons (Fsp3) is 0.250. The maximum Gasteiger partial charge on any atom is 0.335 e. The molecule has 2 N–H and O–H groups in total. The maximum absolute atomic E-state index is 11.3. The van der Waals surface area contributed by atoms with Gasteiger partial charge in [0.1, 0.15) is 5.75 Å². The lowest BCUT2D eigenvalue weighted by atomic mass is 9.76. The van der Waals surface area contributed by atoms with Crippen LogP contribution in [0.3, 0.4) is 0 Å². The van der Waals surface area contributed by atoms with Gasteiger partial charge in [0.25, 0.3) is 0 Å². The number of hydrogen-bond donors (Lipinski definition) is 2. The molecule has 0 saturated heterocycles. The summed E-state index contributed by atoms with van der Waals surface area (Å²) in [6.45, 7) is 0. The van der Waals surface area contributed by atoms with E-state index in [9.17, 15) is 9.90 Å². The van der Waals surface area contributed by atoms with Gasteiger partial charge in [-0.15, -0.1) is 0 Å². The van der Waals surface area contributed by atoms with Crippen LogP contribution in [-0.4, -0.2) is 18.2 Å². The molecule has 1 aliphatic carbocycles. The van der Waals surface area contributed by atoms with E-state index in [2.05, 4.69) is 29.6 Å². The number of carboxylic acid groups (broad SMARTS) is 1. The van der Waals surface area contributed by atoms with Crippen molar-refractivity contribution in [1.29, 1.82) is 0 Å². The van der Waals surface area contributed by atoms with Gasteiger partial charge in [0.2, 0.25) is 0 Å². The van der Waals surface area contributed by atoms with E-state index < -0.39 is 5.97 Å². The highest BCUT2D eigenvalue weighted by Gasteiger charge is 2.38. The van der Waals surface area contributed by atoms with Crippen LogP contribution < -0.4 is 10.1 Å². The zero-order valence-electron chi connectivity index (χ0n) is 13.4. The third-order valence-corrected chi connectivity index (χ3v) is 5.08. The predicted octanol–water partition coefficient (Wildman–Crippen LogP) is 4.22. The van der Waals surface area contributed by atoms with Gasteiger partial charge >= 0.3 is 5.97 Å². The van der Waals surface area contributed by atoms with Crippen LogP contribution in [0.4, 0.5) is 5.69 Å². The van der Waals surface area contributed by atoms with E-state index in [1.807, 2.05) is 24.3 Å². The van der Waals surface area contributed by atoms with Crippen LogP contribution in [0.1, 0.15) is 39.9 Å². The first-order valence-electron chi connectivity index (χ1n) is 8.12. The molecule has 4 rings (SSSR count). The van der Waals surface area contributed by atoms with E-state index >= 15 is 0 Å².